The maximum Gasteiger partial charge on any atom is 0.0914 e. The maximum absolute atomic E-state index is 10.2. The minimum atomic E-state index is -0.506. The van der Waals surface area contributed by atoms with Gasteiger partial charge in [0.2, 0.25) is 0 Å². The molecule has 0 radical (unpaired) electrons. The van der Waals surface area contributed by atoms with Gasteiger partial charge in [0.05, 0.1) is 24.2 Å². The van der Waals surface area contributed by atoms with Crippen LogP contribution >= 0.6 is 0 Å². The normalized spacial score (nSPS) is 13.7. The first-order valence-corrected chi connectivity index (χ1v) is 7.67. The SMILES string of the molecule is CC(NCC(O)c1ccccc1)c1ccc(-n2ccnn2)cc1. The Morgan fingerprint density at radius 2 is 1.78 bits per heavy atom. The van der Waals surface area contributed by atoms with Crippen LogP contribution in [0.1, 0.15) is 30.2 Å². The third kappa shape index (κ3) is 3.83. The molecular weight excluding hydrogens is 288 g/mol. The number of aliphatic hydroxyl groups excluding tert-OH is 1. The summed E-state index contributed by atoms with van der Waals surface area (Å²) in [5.41, 5.74) is 3.06. The molecule has 1 aromatic heterocycles. The van der Waals surface area contributed by atoms with Crippen LogP contribution in [0.5, 0.6) is 0 Å². The van der Waals surface area contributed by atoms with E-state index >= 15 is 0 Å². The van der Waals surface area contributed by atoms with Gasteiger partial charge in [-0.05, 0) is 30.2 Å². The average Bonchev–Trinajstić information content (AvgIpc) is 3.15. The Hall–Kier alpha value is -2.50. The van der Waals surface area contributed by atoms with E-state index in [0.717, 1.165) is 16.8 Å². The Morgan fingerprint density at radius 3 is 2.43 bits per heavy atom. The van der Waals surface area contributed by atoms with Crippen LogP contribution in [0.25, 0.3) is 5.69 Å². The number of hydrogen-bond donors (Lipinski definition) is 2. The second kappa shape index (κ2) is 7.17. The highest BCUT2D eigenvalue weighted by Crippen LogP contribution is 2.17. The molecule has 0 fully saturated rings. The average molecular weight is 308 g/mol. The molecule has 2 N–H and O–H groups in total. The molecule has 2 atom stereocenters. The molecule has 0 aliphatic heterocycles. The van der Waals surface area contributed by atoms with Gasteiger partial charge in [-0.3, -0.25) is 0 Å². The van der Waals surface area contributed by atoms with Crippen LogP contribution in [0.2, 0.25) is 0 Å². The molecule has 118 valence electrons. The summed E-state index contributed by atoms with van der Waals surface area (Å²) in [6, 6.07) is 18.0. The zero-order valence-corrected chi connectivity index (χ0v) is 13.0. The van der Waals surface area contributed by atoms with E-state index in [0.29, 0.717) is 6.54 Å². The van der Waals surface area contributed by atoms with E-state index in [9.17, 15) is 5.11 Å². The summed E-state index contributed by atoms with van der Waals surface area (Å²) < 4.78 is 1.72. The molecule has 2 aromatic carbocycles. The van der Waals surface area contributed by atoms with Crippen LogP contribution in [0.15, 0.2) is 67.0 Å². The highest BCUT2D eigenvalue weighted by Gasteiger charge is 2.10. The molecule has 0 aliphatic carbocycles. The third-order valence-electron chi connectivity index (χ3n) is 3.88. The summed E-state index contributed by atoms with van der Waals surface area (Å²) in [7, 11) is 0. The number of rotatable bonds is 6. The number of benzene rings is 2. The summed E-state index contributed by atoms with van der Waals surface area (Å²) in [6.45, 7) is 2.60. The van der Waals surface area contributed by atoms with Crippen molar-refractivity contribution in [1.82, 2.24) is 20.3 Å². The van der Waals surface area contributed by atoms with Gasteiger partial charge in [-0.15, -0.1) is 5.10 Å². The van der Waals surface area contributed by atoms with Crippen LogP contribution in [0.3, 0.4) is 0 Å². The fraction of sp³-hybridized carbons (Fsp3) is 0.222. The smallest absolute Gasteiger partial charge is 0.0914 e. The largest absolute Gasteiger partial charge is 0.387 e. The molecule has 0 bridgehead atoms. The monoisotopic (exact) mass is 308 g/mol. The van der Waals surface area contributed by atoms with Gasteiger partial charge in [0, 0.05) is 12.6 Å². The van der Waals surface area contributed by atoms with Gasteiger partial charge in [0.1, 0.15) is 0 Å². The van der Waals surface area contributed by atoms with Gasteiger partial charge in [-0.25, -0.2) is 4.68 Å². The van der Waals surface area contributed by atoms with Crippen molar-refractivity contribution < 1.29 is 5.11 Å². The fourth-order valence-corrected chi connectivity index (χ4v) is 2.46. The van der Waals surface area contributed by atoms with Gasteiger partial charge in [-0.2, -0.15) is 0 Å². The zero-order chi connectivity index (χ0) is 16.1. The van der Waals surface area contributed by atoms with Crippen molar-refractivity contribution in [3.63, 3.8) is 0 Å². The lowest BCUT2D eigenvalue weighted by molar-refractivity contribution is 0.171. The molecule has 0 spiro atoms. The quantitative estimate of drug-likeness (QED) is 0.735. The summed E-state index contributed by atoms with van der Waals surface area (Å²) >= 11 is 0. The van der Waals surface area contributed by atoms with Gasteiger partial charge in [0.15, 0.2) is 0 Å². The van der Waals surface area contributed by atoms with Crippen molar-refractivity contribution in [2.24, 2.45) is 0 Å². The van der Waals surface area contributed by atoms with E-state index < -0.39 is 6.10 Å². The van der Waals surface area contributed by atoms with E-state index in [2.05, 4.69) is 34.7 Å². The summed E-state index contributed by atoms with van der Waals surface area (Å²) in [6.07, 6.45) is 2.96. The number of aromatic nitrogens is 3. The van der Waals surface area contributed by atoms with E-state index in [1.807, 2.05) is 48.7 Å². The molecule has 23 heavy (non-hydrogen) atoms. The Balaban J connectivity index is 1.59. The lowest BCUT2D eigenvalue weighted by Crippen LogP contribution is -2.24. The zero-order valence-electron chi connectivity index (χ0n) is 13.0. The second-order valence-corrected chi connectivity index (χ2v) is 5.50. The highest BCUT2D eigenvalue weighted by atomic mass is 16.3. The minimum absolute atomic E-state index is 0.151. The van der Waals surface area contributed by atoms with Crippen molar-refractivity contribution >= 4 is 0 Å². The molecule has 0 saturated heterocycles. The van der Waals surface area contributed by atoms with Crippen LogP contribution in [-0.4, -0.2) is 26.6 Å². The Morgan fingerprint density at radius 1 is 1.04 bits per heavy atom. The molecule has 0 saturated carbocycles. The van der Waals surface area contributed by atoms with Crippen molar-refractivity contribution in [2.75, 3.05) is 6.54 Å². The van der Waals surface area contributed by atoms with E-state index in [1.165, 1.54) is 0 Å². The van der Waals surface area contributed by atoms with E-state index in [4.69, 9.17) is 0 Å². The molecule has 2 unspecified atom stereocenters. The number of aliphatic hydroxyl groups is 1. The van der Waals surface area contributed by atoms with Gasteiger partial charge in [-0.1, -0.05) is 47.7 Å². The predicted molar refractivity (Wildman–Crippen MR) is 89.2 cm³/mol. The summed E-state index contributed by atoms with van der Waals surface area (Å²) in [5, 5.41) is 21.3. The molecule has 3 aromatic rings. The van der Waals surface area contributed by atoms with Crippen molar-refractivity contribution in [1.29, 1.82) is 0 Å². The van der Waals surface area contributed by atoms with Crippen molar-refractivity contribution in [3.8, 4) is 5.69 Å². The van der Waals surface area contributed by atoms with Crippen LogP contribution in [0, 0.1) is 0 Å². The Kier molecular flexibility index (Phi) is 4.80. The third-order valence-corrected chi connectivity index (χ3v) is 3.88. The van der Waals surface area contributed by atoms with Crippen molar-refractivity contribution in [3.05, 3.63) is 78.1 Å². The highest BCUT2D eigenvalue weighted by molar-refractivity contribution is 5.34. The molecule has 5 nitrogen and oxygen atoms in total. The molecule has 3 rings (SSSR count). The fourth-order valence-electron chi connectivity index (χ4n) is 2.46. The Labute approximate surface area is 135 Å². The molecule has 0 amide bonds. The first-order chi connectivity index (χ1) is 11.2. The number of nitrogens with one attached hydrogen (secondary N) is 1. The van der Waals surface area contributed by atoms with E-state index in [-0.39, 0.29) is 6.04 Å². The topological polar surface area (TPSA) is 63.0 Å². The first-order valence-electron chi connectivity index (χ1n) is 7.67. The molecule has 5 heteroatoms. The number of hydrogen-bond acceptors (Lipinski definition) is 4. The molecular formula is C18H20N4O. The van der Waals surface area contributed by atoms with Crippen LogP contribution in [0.4, 0.5) is 0 Å². The second-order valence-electron chi connectivity index (χ2n) is 5.50. The van der Waals surface area contributed by atoms with E-state index in [1.54, 1.807) is 10.9 Å². The minimum Gasteiger partial charge on any atom is -0.387 e. The lowest BCUT2D eigenvalue weighted by Gasteiger charge is -2.18. The van der Waals surface area contributed by atoms with Crippen LogP contribution < -0.4 is 5.32 Å². The maximum atomic E-state index is 10.2. The Bertz CT molecular complexity index is 711. The molecule has 1 heterocycles. The van der Waals surface area contributed by atoms with Crippen LogP contribution in [-0.2, 0) is 0 Å². The predicted octanol–water partition coefficient (Wildman–Crippen LogP) is 2.65. The van der Waals surface area contributed by atoms with Gasteiger partial charge < -0.3 is 10.4 Å². The standard InChI is InChI=1S/C18H20N4O/c1-14(19-13-18(23)16-5-3-2-4-6-16)15-7-9-17(10-8-15)22-12-11-20-21-22/h2-12,14,18-19,23H,13H2,1H3. The summed E-state index contributed by atoms with van der Waals surface area (Å²) in [4.78, 5) is 0. The molecule has 0 aliphatic rings. The summed E-state index contributed by atoms with van der Waals surface area (Å²) in [5.74, 6) is 0. The first kappa shape index (κ1) is 15.4. The van der Waals surface area contributed by atoms with Gasteiger partial charge in [0.25, 0.3) is 0 Å². The van der Waals surface area contributed by atoms with Gasteiger partial charge >= 0.3 is 0 Å². The number of nitrogens with zero attached hydrogens (tertiary/aromatic N) is 3. The lowest BCUT2D eigenvalue weighted by atomic mass is 10.1. The van der Waals surface area contributed by atoms with Crippen molar-refractivity contribution in [2.45, 2.75) is 19.1 Å².